The van der Waals surface area contributed by atoms with E-state index in [1.165, 1.54) is 18.2 Å². The number of aromatic hydroxyl groups is 1. The normalized spacial score (nSPS) is 17.2. The summed E-state index contributed by atoms with van der Waals surface area (Å²) in [5.41, 5.74) is 4.03. The standard InChI is InChI=1S/C24H23F2N5O/c1-14-23-16(13-31-8-7-27-12-22(31)15-3-2-4-17(25)9-15)10-21(28-24(23)30-29-14)19-6-5-18(32)11-20(19)26/h2-6,9-11,22,27,32H,7-8,12-13H2,1H3,(H,28,29,30). The summed E-state index contributed by atoms with van der Waals surface area (Å²) in [5.74, 6) is -0.938. The van der Waals surface area contributed by atoms with Crippen LogP contribution in [0.4, 0.5) is 8.78 Å². The van der Waals surface area contributed by atoms with Gasteiger partial charge in [0, 0.05) is 54.9 Å². The fourth-order valence-corrected chi connectivity index (χ4v) is 4.44. The van der Waals surface area contributed by atoms with Crippen molar-refractivity contribution in [3.63, 3.8) is 0 Å². The van der Waals surface area contributed by atoms with E-state index < -0.39 is 5.82 Å². The van der Waals surface area contributed by atoms with Gasteiger partial charge in [0.1, 0.15) is 17.4 Å². The molecule has 0 aliphatic carbocycles. The van der Waals surface area contributed by atoms with E-state index in [2.05, 4.69) is 25.4 Å². The molecule has 1 aliphatic heterocycles. The number of aromatic amines is 1. The van der Waals surface area contributed by atoms with Crippen LogP contribution < -0.4 is 5.32 Å². The summed E-state index contributed by atoms with van der Waals surface area (Å²) < 4.78 is 28.5. The van der Waals surface area contributed by atoms with Crippen molar-refractivity contribution in [2.45, 2.75) is 19.5 Å². The molecule has 3 N–H and O–H groups in total. The van der Waals surface area contributed by atoms with Gasteiger partial charge in [0.2, 0.25) is 0 Å². The second kappa shape index (κ2) is 8.29. The number of piperazine rings is 1. The summed E-state index contributed by atoms with van der Waals surface area (Å²) in [7, 11) is 0. The maximum absolute atomic E-state index is 14.6. The van der Waals surface area contributed by atoms with Crippen LogP contribution in [0.2, 0.25) is 0 Å². The molecule has 4 aromatic rings. The number of benzene rings is 2. The zero-order chi connectivity index (χ0) is 22.2. The molecule has 1 fully saturated rings. The van der Waals surface area contributed by atoms with Gasteiger partial charge >= 0.3 is 0 Å². The minimum Gasteiger partial charge on any atom is -0.508 e. The van der Waals surface area contributed by atoms with Gasteiger partial charge in [-0.25, -0.2) is 13.8 Å². The number of halogens is 2. The van der Waals surface area contributed by atoms with Crippen LogP contribution in [-0.4, -0.2) is 44.8 Å². The van der Waals surface area contributed by atoms with Crippen LogP contribution in [0.15, 0.2) is 48.5 Å². The van der Waals surface area contributed by atoms with Crippen LogP contribution in [0, 0.1) is 18.6 Å². The molecule has 0 bridgehead atoms. The maximum Gasteiger partial charge on any atom is 0.182 e. The van der Waals surface area contributed by atoms with Gasteiger partial charge in [0.25, 0.3) is 0 Å². The monoisotopic (exact) mass is 435 g/mol. The van der Waals surface area contributed by atoms with E-state index in [0.29, 0.717) is 30.0 Å². The van der Waals surface area contributed by atoms with Crippen molar-refractivity contribution < 1.29 is 13.9 Å². The van der Waals surface area contributed by atoms with Crippen molar-refractivity contribution in [3.8, 4) is 17.0 Å². The van der Waals surface area contributed by atoms with Gasteiger partial charge in [0.05, 0.1) is 5.69 Å². The number of fused-ring (bicyclic) bond motifs is 1. The molecule has 8 heteroatoms. The van der Waals surface area contributed by atoms with Crippen LogP contribution in [-0.2, 0) is 6.54 Å². The minimum atomic E-state index is -0.546. The van der Waals surface area contributed by atoms with E-state index in [4.69, 9.17) is 0 Å². The number of rotatable bonds is 4. The Labute approximate surface area is 183 Å². The number of H-pyrrole nitrogens is 1. The summed E-state index contributed by atoms with van der Waals surface area (Å²) in [6, 6.07) is 12.6. The molecule has 0 amide bonds. The Hall–Kier alpha value is -3.36. The smallest absolute Gasteiger partial charge is 0.182 e. The van der Waals surface area contributed by atoms with Gasteiger partial charge in [-0.1, -0.05) is 12.1 Å². The molecule has 32 heavy (non-hydrogen) atoms. The molecule has 1 atom stereocenters. The highest BCUT2D eigenvalue weighted by molar-refractivity contribution is 5.84. The number of phenolic OH excluding ortho intramolecular Hbond substituents is 1. The molecule has 2 aromatic heterocycles. The largest absolute Gasteiger partial charge is 0.508 e. The molecule has 0 saturated carbocycles. The number of hydrogen-bond acceptors (Lipinski definition) is 5. The number of aromatic nitrogens is 3. The zero-order valence-corrected chi connectivity index (χ0v) is 17.6. The lowest BCUT2D eigenvalue weighted by Gasteiger charge is -2.36. The van der Waals surface area contributed by atoms with Crippen molar-refractivity contribution >= 4 is 11.0 Å². The number of nitrogens with zero attached hydrogens (tertiary/aromatic N) is 3. The first-order chi connectivity index (χ1) is 15.5. The number of hydrogen-bond donors (Lipinski definition) is 3. The molecular formula is C24H23F2N5O. The predicted molar refractivity (Wildman–Crippen MR) is 118 cm³/mol. The van der Waals surface area contributed by atoms with Crippen molar-refractivity contribution in [1.82, 2.24) is 25.4 Å². The first-order valence-electron chi connectivity index (χ1n) is 10.5. The Morgan fingerprint density at radius 2 is 2.03 bits per heavy atom. The number of phenols is 1. The van der Waals surface area contributed by atoms with Crippen molar-refractivity contribution in [3.05, 3.63) is 77.0 Å². The summed E-state index contributed by atoms with van der Waals surface area (Å²) >= 11 is 0. The van der Waals surface area contributed by atoms with Gasteiger partial charge < -0.3 is 10.4 Å². The van der Waals surface area contributed by atoms with Gasteiger partial charge in [0.15, 0.2) is 5.65 Å². The van der Waals surface area contributed by atoms with E-state index in [1.807, 2.05) is 19.1 Å². The van der Waals surface area contributed by atoms with Crippen LogP contribution in [0.3, 0.4) is 0 Å². The van der Waals surface area contributed by atoms with E-state index in [9.17, 15) is 13.9 Å². The Balaban J connectivity index is 1.57. The molecule has 3 heterocycles. The second-order valence-corrected chi connectivity index (χ2v) is 8.12. The van der Waals surface area contributed by atoms with Crippen molar-refractivity contribution in [2.24, 2.45) is 0 Å². The molecule has 0 radical (unpaired) electrons. The lowest BCUT2D eigenvalue weighted by Crippen LogP contribution is -2.45. The predicted octanol–water partition coefficient (Wildman–Crippen LogP) is 4.06. The van der Waals surface area contributed by atoms with Crippen molar-refractivity contribution in [1.29, 1.82) is 0 Å². The van der Waals surface area contributed by atoms with Crippen molar-refractivity contribution in [2.75, 3.05) is 19.6 Å². The summed E-state index contributed by atoms with van der Waals surface area (Å²) in [6.07, 6.45) is 0. The number of nitrogens with one attached hydrogen (secondary N) is 2. The molecule has 1 aliphatic rings. The number of pyridine rings is 1. The molecule has 164 valence electrons. The molecule has 1 saturated heterocycles. The van der Waals surface area contributed by atoms with Gasteiger partial charge in [-0.3, -0.25) is 10.00 Å². The molecule has 2 aromatic carbocycles. The third kappa shape index (κ3) is 3.83. The summed E-state index contributed by atoms with van der Waals surface area (Å²) in [5, 5.41) is 21.2. The van der Waals surface area contributed by atoms with Crippen LogP contribution >= 0.6 is 0 Å². The third-order valence-corrected chi connectivity index (χ3v) is 5.98. The lowest BCUT2D eigenvalue weighted by atomic mass is 10.00. The Bertz CT molecular complexity index is 1290. The van der Waals surface area contributed by atoms with Gasteiger partial charge in [-0.2, -0.15) is 5.10 Å². The van der Waals surface area contributed by atoms with Gasteiger partial charge in [-0.15, -0.1) is 0 Å². The fourth-order valence-electron chi connectivity index (χ4n) is 4.44. The van der Waals surface area contributed by atoms with Crippen LogP contribution in [0.5, 0.6) is 5.75 Å². The average Bonchev–Trinajstić information content (AvgIpc) is 3.15. The highest BCUT2D eigenvalue weighted by Crippen LogP contribution is 2.32. The molecular weight excluding hydrogens is 412 g/mol. The Kier molecular flexibility index (Phi) is 5.32. The Morgan fingerprint density at radius 1 is 1.16 bits per heavy atom. The second-order valence-electron chi connectivity index (χ2n) is 8.12. The SMILES string of the molecule is Cc1[nH]nc2nc(-c3ccc(O)cc3F)cc(CN3CCNCC3c3cccc(F)c3)c12. The van der Waals surface area contributed by atoms with Gasteiger partial charge in [-0.05, 0) is 48.4 Å². The highest BCUT2D eigenvalue weighted by Gasteiger charge is 2.26. The molecule has 1 unspecified atom stereocenters. The third-order valence-electron chi connectivity index (χ3n) is 5.98. The molecule has 6 nitrogen and oxygen atoms in total. The topological polar surface area (TPSA) is 77.1 Å². The van der Waals surface area contributed by atoms with E-state index in [-0.39, 0.29) is 17.6 Å². The zero-order valence-electron chi connectivity index (χ0n) is 17.6. The van der Waals surface area contributed by atoms with E-state index >= 15 is 0 Å². The number of aryl methyl sites for hydroxylation is 1. The summed E-state index contributed by atoms with van der Waals surface area (Å²) in [6.45, 7) is 4.83. The minimum absolute atomic E-state index is 0.00345. The maximum atomic E-state index is 14.6. The first-order valence-corrected chi connectivity index (χ1v) is 10.5. The first kappa shape index (κ1) is 20.5. The van der Waals surface area contributed by atoms with Crippen LogP contribution in [0.1, 0.15) is 22.9 Å². The highest BCUT2D eigenvalue weighted by atomic mass is 19.1. The van der Waals surface area contributed by atoms with E-state index in [0.717, 1.165) is 41.4 Å². The fraction of sp³-hybridized carbons (Fsp3) is 0.250. The molecule has 5 rings (SSSR count). The quantitative estimate of drug-likeness (QED) is 0.451. The average molecular weight is 435 g/mol. The Morgan fingerprint density at radius 3 is 2.84 bits per heavy atom. The molecule has 0 spiro atoms. The lowest BCUT2D eigenvalue weighted by molar-refractivity contribution is 0.154. The summed E-state index contributed by atoms with van der Waals surface area (Å²) in [4.78, 5) is 6.85. The van der Waals surface area contributed by atoms with Crippen LogP contribution in [0.25, 0.3) is 22.3 Å². The van der Waals surface area contributed by atoms with E-state index in [1.54, 1.807) is 12.1 Å².